The first kappa shape index (κ1) is 13.3. The van der Waals surface area contributed by atoms with Crippen LogP contribution in [0, 0.1) is 6.92 Å². The number of allylic oxidation sites excluding steroid dienone is 1. The van der Waals surface area contributed by atoms with Gasteiger partial charge in [-0.2, -0.15) is 4.31 Å². The van der Waals surface area contributed by atoms with Crippen molar-refractivity contribution in [3.63, 3.8) is 0 Å². The molecule has 2 rings (SSSR count). The van der Waals surface area contributed by atoms with Crippen LogP contribution in [-0.2, 0) is 10.0 Å². The summed E-state index contributed by atoms with van der Waals surface area (Å²) < 4.78 is 26.0. The molecule has 1 aliphatic heterocycles. The fourth-order valence-electron chi connectivity index (χ4n) is 2.05. The van der Waals surface area contributed by atoms with E-state index >= 15 is 0 Å². The van der Waals surface area contributed by atoms with Gasteiger partial charge in [-0.1, -0.05) is 29.8 Å². The normalized spacial score (nSPS) is 27.6. The zero-order valence-corrected chi connectivity index (χ0v) is 11.3. The molecule has 0 spiro atoms. The molecule has 4 nitrogen and oxygen atoms in total. The van der Waals surface area contributed by atoms with Gasteiger partial charge >= 0.3 is 0 Å². The molecule has 0 bridgehead atoms. The van der Waals surface area contributed by atoms with Crippen molar-refractivity contribution in [1.82, 2.24) is 4.31 Å². The summed E-state index contributed by atoms with van der Waals surface area (Å²) in [4.78, 5) is 0.276. The van der Waals surface area contributed by atoms with Gasteiger partial charge in [0.2, 0.25) is 10.0 Å². The Balaban J connectivity index is 2.30. The molecule has 5 heteroatoms. The van der Waals surface area contributed by atoms with E-state index in [1.807, 2.05) is 13.8 Å². The van der Waals surface area contributed by atoms with E-state index in [1.165, 1.54) is 4.31 Å². The summed E-state index contributed by atoms with van der Waals surface area (Å²) in [6.07, 6.45) is 3.60. The van der Waals surface area contributed by atoms with Crippen molar-refractivity contribution >= 4 is 10.0 Å². The predicted octanol–water partition coefficient (Wildman–Crippen LogP) is 1.30. The Morgan fingerprint density at radius 3 is 2.44 bits per heavy atom. The number of benzene rings is 1. The maximum absolute atomic E-state index is 12.3. The maximum atomic E-state index is 12.3. The van der Waals surface area contributed by atoms with E-state index in [4.69, 9.17) is 0 Å². The minimum atomic E-state index is -3.49. The SMILES string of the molecule is C/C=C/C1C(CO)N1S(=O)(=O)c1ccc(C)cc1. The van der Waals surface area contributed by atoms with E-state index in [0.29, 0.717) is 0 Å². The largest absolute Gasteiger partial charge is 0.395 e. The Bertz CT molecular complexity index is 548. The van der Waals surface area contributed by atoms with Crippen molar-refractivity contribution < 1.29 is 13.5 Å². The molecular weight excluding hydrogens is 250 g/mol. The monoisotopic (exact) mass is 267 g/mol. The highest BCUT2D eigenvalue weighted by Crippen LogP contribution is 2.36. The molecule has 1 saturated heterocycles. The van der Waals surface area contributed by atoms with Crippen LogP contribution in [0.15, 0.2) is 41.3 Å². The number of sulfonamides is 1. The average Bonchev–Trinajstić information content (AvgIpc) is 3.04. The number of hydrogen-bond acceptors (Lipinski definition) is 3. The molecule has 1 aromatic carbocycles. The van der Waals surface area contributed by atoms with Gasteiger partial charge < -0.3 is 5.11 Å². The third-order valence-corrected chi connectivity index (χ3v) is 5.04. The summed E-state index contributed by atoms with van der Waals surface area (Å²) in [7, 11) is -3.49. The summed E-state index contributed by atoms with van der Waals surface area (Å²) in [5.41, 5.74) is 1.02. The number of rotatable bonds is 4. The van der Waals surface area contributed by atoms with Crippen molar-refractivity contribution in [2.45, 2.75) is 30.8 Å². The lowest BCUT2D eigenvalue weighted by atomic mass is 10.2. The van der Waals surface area contributed by atoms with E-state index in [9.17, 15) is 13.5 Å². The molecule has 0 aliphatic carbocycles. The van der Waals surface area contributed by atoms with Crippen molar-refractivity contribution in [2.24, 2.45) is 0 Å². The lowest BCUT2D eigenvalue weighted by Gasteiger charge is -2.06. The van der Waals surface area contributed by atoms with Gasteiger partial charge in [0.05, 0.1) is 23.6 Å². The molecule has 1 heterocycles. The van der Waals surface area contributed by atoms with Crippen LogP contribution in [0.1, 0.15) is 12.5 Å². The highest BCUT2D eigenvalue weighted by molar-refractivity contribution is 7.89. The average molecular weight is 267 g/mol. The van der Waals surface area contributed by atoms with Crippen LogP contribution in [0.25, 0.3) is 0 Å². The molecule has 1 aliphatic rings. The quantitative estimate of drug-likeness (QED) is 0.661. The zero-order valence-electron chi connectivity index (χ0n) is 10.4. The van der Waals surface area contributed by atoms with Gasteiger partial charge in [0.1, 0.15) is 0 Å². The Morgan fingerprint density at radius 2 is 1.94 bits per heavy atom. The van der Waals surface area contributed by atoms with Crippen LogP contribution < -0.4 is 0 Å². The van der Waals surface area contributed by atoms with Gasteiger partial charge in [0.15, 0.2) is 0 Å². The smallest absolute Gasteiger partial charge is 0.244 e. The van der Waals surface area contributed by atoms with Gasteiger partial charge in [-0.15, -0.1) is 0 Å². The fraction of sp³-hybridized carbons (Fsp3) is 0.385. The lowest BCUT2D eigenvalue weighted by Crippen LogP contribution is -2.16. The van der Waals surface area contributed by atoms with Crippen LogP contribution in [0.3, 0.4) is 0 Å². The molecule has 98 valence electrons. The molecule has 3 atom stereocenters. The molecule has 1 fully saturated rings. The van der Waals surface area contributed by atoms with E-state index in [2.05, 4.69) is 0 Å². The number of aryl methyl sites for hydroxylation is 1. The number of aliphatic hydroxyl groups excluding tert-OH is 1. The molecule has 18 heavy (non-hydrogen) atoms. The highest BCUT2D eigenvalue weighted by Gasteiger charge is 2.53. The molecule has 0 aromatic heterocycles. The van der Waals surface area contributed by atoms with Crippen LogP contribution >= 0.6 is 0 Å². The second-order valence-corrected chi connectivity index (χ2v) is 6.26. The third-order valence-electron chi connectivity index (χ3n) is 3.10. The highest BCUT2D eigenvalue weighted by atomic mass is 32.2. The minimum absolute atomic E-state index is 0.153. The minimum Gasteiger partial charge on any atom is -0.395 e. The lowest BCUT2D eigenvalue weighted by molar-refractivity contribution is 0.286. The van der Waals surface area contributed by atoms with Crippen LogP contribution in [0.2, 0.25) is 0 Å². The summed E-state index contributed by atoms with van der Waals surface area (Å²) >= 11 is 0. The van der Waals surface area contributed by atoms with Crippen molar-refractivity contribution in [3.8, 4) is 0 Å². The summed E-state index contributed by atoms with van der Waals surface area (Å²) in [5, 5.41) is 9.19. The van der Waals surface area contributed by atoms with Gasteiger partial charge in [0.25, 0.3) is 0 Å². The van der Waals surface area contributed by atoms with E-state index in [0.717, 1.165) is 5.56 Å². The Hall–Kier alpha value is -1.17. The van der Waals surface area contributed by atoms with E-state index < -0.39 is 10.0 Å². The molecule has 1 aromatic rings. The predicted molar refractivity (Wildman–Crippen MR) is 69.7 cm³/mol. The molecule has 0 saturated carbocycles. The van der Waals surface area contributed by atoms with Crippen molar-refractivity contribution in [1.29, 1.82) is 0 Å². The first-order valence-corrected chi connectivity index (χ1v) is 7.30. The number of aliphatic hydroxyl groups is 1. The first-order valence-electron chi connectivity index (χ1n) is 5.86. The van der Waals surface area contributed by atoms with Gasteiger partial charge in [-0.25, -0.2) is 8.42 Å². The fourth-order valence-corrected chi connectivity index (χ4v) is 3.79. The number of nitrogens with zero attached hydrogens (tertiary/aromatic N) is 1. The van der Waals surface area contributed by atoms with Crippen LogP contribution in [0.5, 0.6) is 0 Å². The Labute approximate surface area is 108 Å². The van der Waals surface area contributed by atoms with Gasteiger partial charge in [-0.05, 0) is 26.0 Å². The van der Waals surface area contributed by atoms with Crippen LogP contribution in [0.4, 0.5) is 0 Å². The molecule has 0 amide bonds. The summed E-state index contributed by atoms with van der Waals surface area (Å²) in [6.45, 7) is 3.59. The first-order chi connectivity index (χ1) is 8.52. The topological polar surface area (TPSA) is 57.4 Å². The second kappa shape index (κ2) is 4.84. The second-order valence-electron chi connectivity index (χ2n) is 4.41. The standard InChI is InChI=1S/C13H17NO3S/c1-3-4-12-13(9-15)14(12)18(16,17)11-7-5-10(2)6-8-11/h3-8,12-13,15H,9H2,1-2H3/b4-3+. The maximum Gasteiger partial charge on any atom is 0.244 e. The van der Waals surface area contributed by atoms with Gasteiger partial charge in [-0.3, -0.25) is 0 Å². The number of hydrogen-bond donors (Lipinski definition) is 1. The summed E-state index contributed by atoms with van der Waals surface area (Å²) in [6, 6.07) is 6.21. The zero-order chi connectivity index (χ0) is 13.3. The molecule has 1 N–H and O–H groups in total. The summed E-state index contributed by atoms with van der Waals surface area (Å²) in [5.74, 6) is 0. The van der Waals surface area contributed by atoms with Crippen molar-refractivity contribution in [3.05, 3.63) is 42.0 Å². The Kier molecular flexibility index (Phi) is 3.56. The van der Waals surface area contributed by atoms with Crippen LogP contribution in [-0.4, -0.2) is 36.5 Å². The van der Waals surface area contributed by atoms with E-state index in [1.54, 1.807) is 36.4 Å². The Morgan fingerprint density at radius 1 is 1.33 bits per heavy atom. The molecular formula is C13H17NO3S. The van der Waals surface area contributed by atoms with Crippen molar-refractivity contribution in [2.75, 3.05) is 6.61 Å². The van der Waals surface area contributed by atoms with E-state index in [-0.39, 0.29) is 23.6 Å². The molecule has 0 radical (unpaired) electrons. The molecule has 3 unspecified atom stereocenters. The third kappa shape index (κ3) is 2.21. The van der Waals surface area contributed by atoms with Gasteiger partial charge in [0, 0.05) is 0 Å².